The van der Waals surface area contributed by atoms with E-state index in [0.29, 0.717) is 6.54 Å². The summed E-state index contributed by atoms with van der Waals surface area (Å²) in [5, 5.41) is 11.2. The third kappa shape index (κ3) is 2.18. The topological polar surface area (TPSA) is 68.0 Å². The molecule has 2 heterocycles. The lowest BCUT2D eigenvalue weighted by atomic mass is 10.1. The molecule has 0 unspecified atom stereocenters. The Morgan fingerprint density at radius 2 is 2.10 bits per heavy atom. The Morgan fingerprint density at radius 3 is 2.80 bits per heavy atom. The second-order valence-corrected chi connectivity index (χ2v) is 5.67. The summed E-state index contributed by atoms with van der Waals surface area (Å²) in [4.78, 5) is 19.3. The number of imidazole rings is 1. The van der Waals surface area contributed by atoms with Gasteiger partial charge in [0.2, 0.25) is 0 Å². The highest BCUT2D eigenvalue weighted by atomic mass is 32.1. The highest BCUT2D eigenvalue weighted by Gasteiger charge is 2.11. The maximum atomic E-state index is 10.8. The first-order chi connectivity index (χ1) is 9.54. The second kappa shape index (κ2) is 4.72. The predicted octanol–water partition coefficient (Wildman–Crippen LogP) is 2.86. The zero-order valence-electron chi connectivity index (χ0n) is 11.1. The number of carboxylic acid groups (broad SMARTS) is 1. The zero-order valence-corrected chi connectivity index (χ0v) is 11.9. The number of fused-ring (bicyclic) bond motifs is 1. The average molecular weight is 287 g/mol. The molecule has 6 heteroatoms. The minimum absolute atomic E-state index is 0.0986. The first kappa shape index (κ1) is 12.8. The summed E-state index contributed by atoms with van der Waals surface area (Å²) in [7, 11) is 0. The first-order valence-corrected chi connectivity index (χ1v) is 7.02. The minimum atomic E-state index is -0.991. The van der Waals surface area contributed by atoms with Gasteiger partial charge in [0.25, 0.3) is 0 Å². The van der Waals surface area contributed by atoms with E-state index in [1.807, 2.05) is 4.57 Å². The number of thiazole rings is 1. The summed E-state index contributed by atoms with van der Waals surface area (Å²) >= 11 is 1.35. The molecule has 0 amide bonds. The van der Waals surface area contributed by atoms with Crippen LogP contribution in [-0.2, 0) is 6.54 Å². The number of aryl methyl sites for hydroxylation is 2. The number of rotatable bonds is 3. The maximum Gasteiger partial charge on any atom is 0.355 e. The summed E-state index contributed by atoms with van der Waals surface area (Å²) in [5.74, 6) is -0.991. The van der Waals surface area contributed by atoms with Gasteiger partial charge in [-0.25, -0.2) is 14.8 Å². The van der Waals surface area contributed by atoms with E-state index in [1.54, 1.807) is 11.7 Å². The summed E-state index contributed by atoms with van der Waals surface area (Å²) in [6.07, 6.45) is 1.77. The summed E-state index contributed by atoms with van der Waals surface area (Å²) in [5.41, 5.74) is 4.51. The van der Waals surface area contributed by atoms with Gasteiger partial charge in [0.05, 0.1) is 23.9 Å². The molecule has 0 atom stereocenters. The van der Waals surface area contributed by atoms with Crippen LogP contribution in [0, 0.1) is 13.8 Å². The normalized spacial score (nSPS) is 11.1. The molecule has 102 valence electrons. The van der Waals surface area contributed by atoms with E-state index in [9.17, 15) is 4.79 Å². The van der Waals surface area contributed by atoms with Gasteiger partial charge in [-0.3, -0.25) is 0 Å². The lowest BCUT2D eigenvalue weighted by Gasteiger charge is -2.04. The smallest absolute Gasteiger partial charge is 0.355 e. The lowest BCUT2D eigenvalue weighted by molar-refractivity contribution is 0.0691. The quantitative estimate of drug-likeness (QED) is 0.804. The maximum absolute atomic E-state index is 10.8. The average Bonchev–Trinajstić information content (AvgIpc) is 3.00. The summed E-state index contributed by atoms with van der Waals surface area (Å²) in [6, 6.07) is 4.16. The second-order valence-electron chi connectivity index (χ2n) is 4.73. The van der Waals surface area contributed by atoms with Crippen molar-refractivity contribution >= 4 is 28.3 Å². The molecule has 3 aromatic rings. The Morgan fingerprint density at radius 1 is 1.35 bits per heavy atom. The highest BCUT2D eigenvalue weighted by molar-refractivity contribution is 7.09. The van der Waals surface area contributed by atoms with E-state index in [2.05, 4.69) is 35.9 Å². The van der Waals surface area contributed by atoms with Gasteiger partial charge in [0, 0.05) is 5.38 Å². The van der Waals surface area contributed by atoms with Crippen LogP contribution in [0.1, 0.15) is 26.6 Å². The number of hydrogen-bond acceptors (Lipinski definition) is 4. The number of carboxylic acids is 1. The molecule has 3 rings (SSSR count). The van der Waals surface area contributed by atoms with Gasteiger partial charge in [-0.05, 0) is 37.1 Å². The molecule has 5 nitrogen and oxygen atoms in total. The molecule has 0 spiro atoms. The monoisotopic (exact) mass is 287 g/mol. The van der Waals surface area contributed by atoms with Crippen LogP contribution in [0.5, 0.6) is 0 Å². The van der Waals surface area contributed by atoms with Crippen LogP contribution in [0.25, 0.3) is 11.0 Å². The summed E-state index contributed by atoms with van der Waals surface area (Å²) < 4.78 is 1.99. The Labute approximate surface area is 119 Å². The molecule has 0 aliphatic carbocycles. The van der Waals surface area contributed by atoms with Crippen molar-refractivity contribution in [3.63, 3.8) is 0 Å². The van der Waals surface area contributed by atoms with Gasteiger partial charge in [0.15, 0.2) is 5.69 Å². The fourth-order valence-corrected chi connectivity index (χ4v) is 2.83. The van der Waals surface area contributed by atoms with Gasteiger partial charge in [0.1, 0.15) is 5.01 Å². The molecule has 1 N–H and O–H groups in total. The van der Waals surface area contributed by atoms with Crippen LogP contribution in [0.3, 0.4) is 0 Å². The molecule has 20 heavy (non-hydrogen) atoms. The Kier molecular flexibility index (Phi) is 3.02. The lowest BCUT2D eigenvalue weighted by Crippen LogP contribution is -2.00. The molecular formula is C14H13N3O2S. The van der Waals surface area contributed by atoms with Crippen molar-refractivity contribution < 1.29 is 9.90 Å². The molecule has 0 bridgehead atoms. The molecule has 0 saturated heterocycles. The Bertz CT molecular complexity index is 804. The number of hydrogen-bond donors (Lipinski definition) is 1. The largest absolute Gasteiger partial charge is 0.476 e. The van der Waals surface area contributed by atoms with Crippen molar-refractivity contribution in [3.05, 3.63) is 45.7 Å². The number of carbonyl (C=O) groups is 1. The molecule has 0 aliphatic heterocycles. The van der Waals surface area contributed by atoms with Crippen molar-refractivity contribution in [1.82, 2.24) is 14.5 Å². The van der Waals surface area contributed by atoms with E-state index < -0.39 is 5.97 Å². The minimum Gasteiger partial charge on any atom is -0.476 e. The van der Waals surface area contributed by atoms with Crippen LogP contribution >= 0.6 is 11.3 Å². The number of nitrogens with zero attached hydrogens (tertiary/aromatic N) is 3. The third-order valence-electron chi connectivity index (χ3n) is 3.31. The fraction of sp³-hybridized carbons (Fsp3) is 0.214. The van der Waals surface area contributed by atoms with Crippen molar-refractivity contribution in [1.29, 1.82) is 0 Å². The molecule has 0 saturated carbocycles. The van der Waals surface area contributed by atoms with E-state index in [0.717, 1.165) is 16.0 Å². The Balaban J connectivity index is 1.98. The van der Waals surface area contributed by atoms with Gasteiger partial charge in [-0.1, -0.05) is 0 Å². The first-order valence-electron chi connectivity index (χ1n) is 6.14. The van der Waals surface area contributed by atoms with Gasteiger partial charge in [-0.2, -0.15) is 0 Å². The molecule has 1 aromatic carbocycles. The third-order valence-corrected chi connectivity index (χ3v) is 4.15. The van der Waals surface area contributed by atoms with Crippen LogP contribution in [0.2, 0.25) is 0 Å². The summed E-state index contributed by atoms with van der Waals surface area (Å²) in [6.45, 7) is 4.67. The number of aromatic nitrogens is 3. The van der Waals surface area contributed by atoms with Crippen molar-refractivity contribution in [3.8, 4) is 0 Å². The van der Waals surface area contributed by atoms with Crippen molar-refractivity contribution in [2.24, 2.45) is 0 Å². The molecule has 0 radical (unpaired) electrons. The van der Waals surface area contributed by atoms with E-state index >= 15 is 0 Å². The van der Waals surface area contributed by atoms with Crippen LogP contribution in [0.4, 0.5) is 0 Å². The van der Waals surface area contributed by atoms with Crippen LogP contribution < -0.4 is 0 Å². The van der Waals surface area contributed by atoms with Gasteiger partial charge >= 0.3 is 5.97 Å². The van der Waals surface area contributed by atoms with E-state index in [4.69, 9.17) is 5.11 Å². The van der Waals surface area contributed by atoms with Crippen LogP contribution in [0.15, 0.2) is 23.8 Å². The van der Waals surface area contributed by atoms with Crippen molar-refractivity contribution in [2.75, 3.05) is 0 Å². The van der Waals surface area contributed by atoms with Gasteiger partial charge in [-0.15, -0.1) is 11.3 Å². The zero-order chi connectivity index (χ0) is 14.3. The SMILES string of the molecule is Cc1cc2ncn(Cc3nc(C(=O)O)cs3)c2cc1C. The number of benzene rings is 1. The molecular weight excluding hydrogens is 274 g/mol. The number of aromatic carboxylic acids is 1. The van der Waals surface area contributed by atoms with E-state index in [1.165, 1.54) is 22.5 Å². The molecule has 2 aromatic heterocycles. The van der Waals surface area contributed by atoms with Gasteiger partial charge < -0.3 is 9.67 Å². The molecule has 0 aliphatic rings. The fourth-order valence-electron chi connectivity index (χ4n) is 2.07. The van der Waals surface area contributed by atoms with Crippen LogP contribution in [-0.4, -0.2) is 25.6 Å². The van der Waals surface area contributed by atoms with E-state index in [-0.39, 0.29) is 5.69 Å². The Hall–Kier alpha value is -2.21. The molecule has 0 fully saturated rings. The highest BCUT2D eigenvalue weighted by Crippen LogP contribution is 2.20. The van der Waals surface area contributed by atoms with Crippen molar-refractivity contribution in [2.45, 2.75) is 20.4 Å². The predicted molar refractivity (Wildman–Crippen MR) is 77.4 cm³/mol. The standard InChI is InChI=1S/C14H13N3O2S/c1-8-3-10-12(4-9(8)2)17(7-15-10)5-13-16-11(6-20-13)14(18)19/h3-4,6-7H,5H2,1-2H3,(H,18,19).